The van der Waals surface area contributed by atoms with Crippen LogP contribution in [-0.4, -0.2) is 28.4 Å². The lowest BCUT2D eigenvalue weighted by Crippen LogP contribution is -2.52. The van der Waals surface area contributed by atoms with Gasteiger partial charge in [0.2, 0.25) is 5.88 Å². The summed E-state index contributed by atoms with van der Waals surface area (Å²) in [6, 6.07) is 24.8. The maximum absolute atomic E-state index is 12.5. The fraction of sp³-hybridized carbons (Fsp3) is 0.310. The van der Waals surface area contributed by atoms with Gasteiger partial charge in [-0.15, -0.1) is 0 Å². The van der Waals surface area contributed by atoms with Gasteiger partial charge in [-0.1, -0.05) is 42.5 Å². The van der Waals surface area contributed by atoms with Crippen molar-refractivity contribution in [3.8, 4) is 22.8 Å². The van der Waals surface area contributed by atoms with E-state index in [0.29, 0.717) is 5.88 Å². The number of hydrogen-bond donors (Lipinski definition) is 1. The van der Waals surface area contributed by atoms with Gasteiger partial charge < -0.3 is 19.4 Å². The minimum atomic E-state index is -0.529. The predicted octanol–water partition coefficient (Wildman–Crippen LogP) is 6.61. The molecule has 1 saturated carbocycles. The Bertz CT molecular complexity index is 1350. The summed E-state index contributed by atoms with van der Waals surface area (Å²) in [7, 11) is 1.63. The number of nitrogens with zero attached hydrogens (tertiary/aromatic N) is 2. The number of methoxy groups -OCH3 is 1. The molecule has 6 heteroatoms. The van der Waals surface area contributed by atoms with Crippen LogP contribution in [0.5, 0.6) is 5.88 Å². The quantitative estimate of drug-likeness (QED) is 0.357. The number of alkyl carbamates (subject to hydrolysis) is 1. The molecule has 4 aromatic rings. The highest BCUT2D eigenvalue weighted by Gasteiger charge is 2.41. The van der Waals surface area contributed by atoms with E-state index >= 15 is 0 Å². The first kappa shape index (κ1) is 23.0. The Morgan fingerprint density at radius 1 is 1.00 bits per heavy atom. The first-order valence-electron chi connectivity index (χ1n) is 12.0. The van der Waals surface area contributed by atoms with Crippen LogP contribution in [0.4, 0.5) is 4.79 Å². The van der Waals surface area contributed by atoms with Crippen LogP contribution in [0.1, 0.15) is 45.6 Å². The number of nitrogens with one attached hydrogen (secondary N) is 1. The highest BCUT2D eigenvalue weighted by molar-refractivity contribution is 5.86. The SMILES string of the molecule is COc1ccc2c(cc(-c3ccccc3)n2-c2ccc(C3(NC(=O)OC(C)(C)C)CCC3)cc2)n1. The largest absolute Gasteiger partial charge is 0.481 e. The Balaban J connectivity index is 1.53. The Kier molecular flexibility index (Phi) is 5.75. The smallest absolute Gasteiger partial charge is 0.408 e. The maximum Gasteiger partial charge on any atom is 0.408 e. The van der Waals surface area contributed by atoms with Crippen molar-refractivity contribution in [3.05, 3.63) is 78.4 Å². The molecule has 0 atom stereocenters. The Morgan fingerprint density at radius 3 is 2.31 bits per heavy atom. The molecule has 0 bridgehead atoms. The van der Waals surface area contributed by atoms with Crippen molar-refractivity contribution >= 4 is 17.1 Å². The van der Waals surface area contributed by atoms with Crippen LogP contribution in [0.2, 0.25) is 0 Å². The van der Waals surface area contributed by atoms with Crippen LogP contribution in [0.3, 0.4) is 0 Å². The Morgan fingerprint density at radius 2 is 1.71 bits per heavy atom. The zero-order valence-corrected chi connectivity index (χ0v) is 20.7. The van der Waals surface area contributed by atoms with Crippen molar-refractivity contribution in [1.82, 2.24) is 14.9 Å². The topological polar surface area (TPSA) is 65.4 Å². The van der Waals surface area contributed by atoms with Gasteiger partial charge in [0.25, 0.3) is 0 Å². The number of rotatable bonds is 5. The third kappa shape index (κ3) is 4.48. The van der Waals surface area contributed by atoms with E-state index in [0.717, 1.165) is 52.8 Å². The highest BCUT2D eigenvalue weighted by Crippen LogP contribution is 2.42. The fourth-order valence-corrected chi connectivity index (χ4v) is 4.73. The van der Waals surface area contributed by atoms with E-state index < -0.39 is 5.60 Å². The third-order valence-electron chi connectivity index (χ3n) is 6.54. The van der Waals surface area contributed by atoms with Crippen LogP contribution in [-0.2, 0) is 10.3 Å². The van der Waals surface area contributed by atoms with Gasteiger partial charge in [-0.05, 0) is 75.4 Å². The third-order valence-corrected chi connectivity index (χ3v) is 6.54. The zero-order chi connectivity index (χ0) is 24.6. The molecule has 5 rings (SSSR count). The summed E-state index contributed by atoms with van der Waals surface area (Å²) < 4.78 is 13.1. The van der Waals surface area contributed by atoms with Crippen LogP contribution < -0.4 is 10.1 Å². The summed E-state index contributed by atoms with van der Waals surface area (Å²) in [5.41, 5.74) is 5.25. The van der Waals surface area contributed by atoms with Crippen LogP contribution >= 0.6 is 0 Å². The molecule has 1 amide bonds. The molecule has 0 unspecified atom stereocenters. The van der Waals surface area contributed by atoms with E-state index in [4.69, 9.17) is 9.47 Å². The van der Waals surface area contributed by atoms with Crippen LogP contribution in [0.25, 0.3) is 28.0 Å². The number of fused-ring (bicyclic) bond motifs is 1. The molecule has 6 nitrogen and oxygen atoms in total. The molecule has 0 radical (unpaired) electrons. The Labute approximate surface area is 205 Å². The second-order valence-corrected chi connectivity index (χ2v) is 10.1. The fourth-order valence-electron chi connectivity index (χ4n) is 4.73. The van der Waals surface area contributed by atoms with Crippen molar-refractivity contribution in [3.63, 3.8) is 0 Å². The molecule has 35 heavy (non-hydrogen) atoms. The molecule has 1 N–H and O–H groups in total. The number of carbonyl (C=O) groups is 1. The van der Waals surface area contributed by atoms with Gasteiger partial charge in [0, 0.05) is 11.8 Å². The number of benzene rings is 2. The minimum Gasteiger partial charge on any atom is -0.481 e. The van der Waals surface area contributed by atoms with Gasteiger partial charge >= 0.3 is 6.09 Å². The van der Waals surface area contributed by atoms with Gasteiger partial charge in [0.1, 0.15) is 5.60 Å². The van der Waals surface area contributed by atoms with Crippen molar-refractivity contribution in [2.24, 2.45) is 0 Å². The lowest BCUT2D eigenvalue weighted by atomic mass is 9.72. The second-order valence-electron chi connectivity index (χ2n) is 10.1. The van der Waals surface area contributed by atoms with E-state index in [1.54, 1.807) is 7.11 Å². The summed E-state index contributed by atoms with van der Waals surface area (Å²) in [4.78, 5) is 17.2. The summed E-state index contributed by atoms with van der Waals surface area (Å²) in [5.74, 6) is 0.588. The van der Waals surface area contributed by atoms with E-state index in [9.17, 15) is 4.79 Å². The number of ether oxygens (including phenoxy) is 2. The van der Waals surface area contributed by atoms with Gasteiger partial charge in [-0.25, -0.2) is 9.78 Å². The molecule has 0 saturated heterocycles. The number of hydrogen-bond acceptors (Lipinski definition) is 4. The van der Waals surface area contributed by atoms with Crippen molar-refractivity contribution in [2.75, 3.05) is 7.11 Å². The minimum absolute atomic E-state index is 0.371. The Hall–Kier alpha value is -3.80. The van der Waals surface area contributed by atoms with Gasteiger partial charge in [-0.2, -0.15) is 0 Å². The number of aromatic nitrogens is 2. The van der Waals surface area contributed by atoms with Crippen LogP contribution in [0.15, 0.2) is 72.8 Å². The zero-order valence-electron chi connectivity index (χ0n) is 20.7. The van der Waals surface area contributed by atoms with E-state index in [1.807, 2.05) is 51.1 Å². The molecule has 2 aromatic carbocycles. The number of pyridine rings is 1. The standard InChI is InChI=1S/C29H31N3O3/c1-28(2,3)35-27(33)31-29(17-8-18-29)21-11-13-22(14-12-21)32-24-15-16-26(34-4)30-23(24)19-25(32)20-9-6-5-7-10-20/h5-7,9-16,19H,8,17-18H2,1-4H3,(H,31,33). The summed E-state index contributed by atoms with van der Waals surface area (Å²) in [6.45, 7) is 5.64. The molecule has 2 heterocycles. The molecule has 180 valence electrons. The average Bonchev–Trinajstić information content (AvgIpc) is 3.19. The lowest BCUT2D eigenvalue weighted by Gasteiger charge is -2.43. The molecule has 1 aliphatic rings. The van der Waals surface area contributed by atoms with Gasteiger partial charge in [0.05, 0.1) is 29.4 Å². The highest BCUT2D eigenvalue weighted by atomic mass is 16.6. The first-order valence-corrected chi connectivity index (χ1v) is 12.0. The van der Waals surface area contributed by atoms with Crippen molar-refractivity contribution in [2.45, 2.75) is 51.2 Å². The summed E-state index contributed by atoms with van der Waals surface area (Å²) >= 11 is 0. The van der Waals surface area contributed by atoms with Crippen molar-refractivity contribution < 1.29 is 14.3 Å². The van der Waals surface area contributed by atoms with E-state index in [-0.39, 0.29) is 11.6 Å². The molecule has 2 aromatic heterocycles. The van der Waals surface area contributed by atoms with Gasteiger partial charge in [0.15, 0.2) is 0 Å². The summed E-state index contributed by atoms with van der Waals surface area (Å²) in [6.07, 6.45) is 2.50. The predicted molar refractivity (Wildman–Crippen MR) is 138 cm³/mol. The van der Waals surface area contributed by atoms with Crippen molar-refractivity contribution in [1.29, 1.82) is 0 Å². The number of amides is 1. The number of carbonyl (C=O) groups excluding carboxylic acids is 1. The first-order chi connectivity index (χ1) is 16.8. The lowest BCUT2D eigenvalue weighted by molar-refractivity contribution is 0.0377. The second kappa shape index (κ2) is 8.77. The maximum atomic E-state index is 12.5. The molecular formula is C29H31N3O3. The molecular weight excluding hydrogens is 438 g/mol. The summed E-state index contributed by atoms with van der Waals surface area (Å²) in [5, 5.41) is 3.14. The molecule has 1 aliphatic carbocycles. The molecule has 0 spiro atoms. The normalized spacial score (nSPS) is 14.9. The van der Waals surface area contributed by atoms with Crippen LogP contribution in [0, 0.1) is 0 Å². The molecule has 0 aliphatic heterocycles. The van der Waals surface area contributed by atoms with E-state index in [1.165, 1.54) is 0 Å². The molecule has 1 fully saturated rings. The average molecular weight is 470 g/mol. The van der Waals surface area contributed by atoms with Gasteiger partial charge in [-0.3, -0.25) is 0 Å². The monoisotopic (exact) mass is 469 g/mol. The van der Waals surface area contributed by atoms with E-state index in [2.05, 4.69) is 57.3 Å².